The maximum atomic E-state index is 10.9. The zero-order chi connectivity index (χ0) is 11.8. The van der Waals surface area contributed by atoms with Crippen LogP contribution in [0.25, 0.3) is 0 Å². The summed E-state index contributed by atoms with van der Waals surface area (Å²) in [5, 5.41) is 0. The van der Waals surface area contributed by atoms with Crippen molar-refractivity contribution >= 4 is 18.0 Å². The predicted molar refractivity (Wildman–Crippen MR) is 53.6 cm³/mol. The summed E-state index contributed by atoms with van der Waals surface area (Å²) < 4.78 is 4.08. The van der Waals surface area contributed by atoms with Crippen LogP contribution in [0.4, 0.5) is 4.79 Å². The summed E-state index contributed by atoms with van der Waals surface area (Å²) >= 11 is 0. The molecule has 0 heterocycles. The lowest BCUT2D eigenvalue weighted by Gasteiger charge is -2.07. The Bertz CT molecular complexity index is 261. The predicted octanol–water partition coefficient (Wildman–Crippen LogP) is -2.01. The highest BCUT2D eigenvalue weighted by atomic mass is 16.6. The third kappa shape index (κ3) is 7.26. The average molecular weight is 217 g/mol. The van der Waals surface area contributed by atoms with Gasteiger partial charge in [-0.1, -0.05) is 0 Å². The van der Waals surface area contributed by atoms with Crippen molar-refractivity contribution in [3.8, 4) is 0 Å². The van der Waals surface area contributed by atoms with Gasteiger partial charge in [0.15, 0.2) is 5.96 Å². The van der Waals surface area contributed by atoms with Gasteiger partial charge in [0.1, 0.15) is 6.04 Å². The molecule has 1 amide bonds. The van der Waals surface area contributed by atoms with Crippen LogP contribution in [0, 0.1) is 0 Å². The molecular weight excluding hydrogens is 202 g/mol. The fraction of sp³-hybridized carbons (Fsp3) is 0.571. The van der Waals surface area contributed by atoms with E-state index in [1.807, 2.05) is 0 Å². The topological polar surface area (TPSA) is 160 Å². The lowest BCUT2D eigenvalue weighted by Crippen LogP contribution is -2.35. The first-order valence-corrected chi connectivity index (χ1v) is 4.25. The van der Waals surface area contributed by atoms with E-state index in [2.05, 4.69) is 15.5 Å². The summed E-state index contributed by atoms with van der Waals surface area (Å²) in [6.07, 6.45) is -0.352. The number of hydrogen-bond donors (Lipinski definition) is 4. The second-order valence-corrected chi connectivity index (χ2v) is 2.80. The number of aliphatic imine (C=N–C) groups is 1. The molecule has 1 unspecified atom stereocenters. The second kappa shape index (κ2) is 6.60. The first kappa shape index (κ1) is 13.2. The minimum absolute atomic E-state index is 0.0247. The molecule has 8 heteroatoms. The van der Waals surface area contributed by atoms with Crippen LogP contribution in [-0.2, 0) is 9.53 Å². The summed E-state index contributed by atoms with van der Waals surface area (Å²) in [6, 6.07) is -0.897. The first-order chi connectivity index (χ1) is 6.93. The summed E-state index contributed by atoms with van der Waals surface area (Å²) in [6.45, 7) is 0.361. The molecule has 0 rings (SSSR count). The van der Waals surface area contributed by atoms with Gasteiger partial charge in [-0.15, -0.1) is 0 Å². The highest BCUT2D eigenvalue weighted by Gasteiger charge is 2.16. The summed E-state index contributed by atoms with van der Waals surface area (Å²) in [5.74, 6) is -0.879. The highest BCUT2D eigenvalue weighted by Crippen LogP contribution is 1.97. The monoisotopic (exact) mass is 217 g/mol. The number of ether oxygens (including phenoxy) is 1. The Morgan fingerprint density at radius 2 is 1.87 bits per heavy atom. The van der Waals surface area contributed by atoms with Gasteiger partial charge >= 0.3 is 12.1 Å². The Hall–Kier alpha value is -1.83. The lowest BCUT2D eigenvalue weighted by molar-refractivity contribution is -0.138. The second-order valence-electron chi connectivity index (χ2n) is 2.80. The normalized spacial score (nSPS) is 11.5. The molecule has 0 saturated carbocycles. The standard InChI is InChI=1S/C7H15N5O3/c8-4(5(13)15-7(11)14)2-1-3-12-6(9)10/h4H,1-3,8H2,(H2,11,14)(H4,9,10,12). The lowest BCUT2D eigenvalue weighted by atomic mass is 10.2. The van der Waals surface area contributed by atoms with Gasteiger partial charge in [0, 0.05) is 6.54 Å². The number of carbonyl (C=O) groups excluding carboxylic acids is 2. The van der Waals surface area contributed by atoms with E-state index >= 15 is 0 Å². The van der Waals surface area contributed by atoms with Crippen LogP contribution in [0.1, 0.15) is 12.8 Å². The van der Waals surface area contributed by atoms with Gasteiger partial charge in [0.05, 0.1) is 0 Å². The summed E-state index contributed by atoms with van der Waals surface area (Å²) in [5.41, 5.74) is 20.2. The molecule has 15 heavy (non-hydrogen) atoms. The molecule has 0 radical (unpaired) electrons. The van der Waals surface area contributed by atoms with Crippen molar-refractivity contribution in [3.63, 3.8) is 0 Å². The molecule has 0 fully saturated rings. The third-order valence-electron chi connectivity index (χ3n) is 1.47. The zero-order valence-corrected chi connectivity index (χ0v) is 8.18. The molecule has 0 aliphatic heterocycles. The van der Waals surface area contributed by atoms with Crippen molar-refractivity contribution in [2.45, 2.75) is 18.9 Å². The van der Waals surface area contributed by atoms with E-state index in [-0.39, 0.29) is 5.96 Å². The van der Waals surface area contributed by atoms with Crippen molar-refractivity contribution in [3.05, 3.63) is 0 Å². The quantitative estimate of drug-likeness (QED) is 0.137. The minimum atomic E-state index is -1.17. The molecule has 0 aliphatic carbocycles. The van der Waals surface area contributed by atoms with Crippen molar-refractivity contribution in [2.24, 2.45) is 27.9 Å². The van der Waals surface area contributed by atoms with Gasteiger partial charge in [0.2, 0.25) is 0 Å². The zero-order valence-electron chi connectivity index (χ0n) is 8.18. The number of primary amides is 1. The number of hydrogen-bond acceptors (Lipinski definition) is 5. The van der Waals surface area contributed by atoms with Crippen molar-refractivity contribution in [1.82, 2.24) is 0 Å². The molecule has 86 valence electrons. The fourth-order valence-corrected chi connectivity index (χ4v) is 0.812. The Labute approximate surface area is 86.6 Å². The molecular formula is C7H15N5O3. The molecule has 0 aromatic heterocycles. The molecule has 1 atom stereocenters. The molecule has 0 aromatic carbocycles. The van der Waals surface area contributed by atoms with Crippen molar-refractivity contribution in [1.29, 1.82) is 0 Å². The molecule has 0 bridgehead atoms. The largest absolute Gasteiger partial charge is 0.412 e. The van der Waals surface area contributed by atoms with E-state index < -0.39 is 18.1 Å². The fourth-order valence-electron chi connectivity index (χ4n) is 0.812. The van der Waals surface area contributed by atoms with Crippen LogP contribution in [0.15, 0.2) is 4.99 Å². The number of guanidine groups is 1. The third-order valence-corrected chi connectivity index (χ3v) is 1.47. The Morgan fingerprint density at radius 1 is 1.27 bits per heavy atom. The molecule has 0 saturated heterocycles. The van der Waals surface area contributed by atoms with Crippen molar-refractivity contribution in [2.75, 3.05) is 6.54 Å². The Morgan fingerprint density at radius 3 is 2.33 bits per heavy atom. The number of nitrogens with two attached hydrogens (primary N) is 4. The van der Waals surface area contributed by atoms with E-state index in [0.29, 0.717) is 19.4 Å². The number of esters is 1. The summed E-state index contributed by atoms with van der Waals surface area (Å²) in [4.78, 5) is 24.8. The van der Waals surface area contributed by atoms with Crippen LogP contribution < -0.4 is 22.9 Å². The number of amides is 1. The Kier molecular flexibility index (Phi) is 5.79. The Balaban J connectivity index is 3.74. The van der Waals surface area contributed by atoms with Crippen LogP contribution in [-0.4, -0.2) is 30.6 Å². The molecule has 0 aliphatic rings. The molecule has 8 N–H and O–H groups in total. The number of carbonyl (C=O) groups is 2. The molecule has 0 aromatic rings. The maximum Gasteiger partial charge on any atom is 0.412 e. The highest BCUT2D eigenvalue weighted by molar-refractivity contribution is 5.86. The number of nitrogens with zero attached hydrogens (tertiary/aromatic N) is 1. The van der Waals surface area contributed by atoms with Gasteiger partial charge in [-0.2, -0.15) is 0 Å². The average Bonchev–Trinajstić information content (AvgIpc) is 2.10. The van der Waals surface area contributed by atoms with Gasteiger partial charge in [0.25, 0.3) is 0 Å². The van der Waals surface area contributed by atoms with Crippen LogP contribution in [0.2, 0.25) is 0 Å². The van der Waals surface area contributed by atoms with E-state index in [4.69, 9.17) is 17.2 Å². The van der Waals surface area contributed by atoms with Crippen LogP contribution >= 0.6 is 0 Å². The van der Waals surface area contributed by atoms with Crippen LogP contribution in [0.3, 0.4) is 0 Å². The minimum Gasteiger partial charge on any atom is -0.375 e. The summed E-state index contributed by atoms with van der Waals surface area (Å²) in [7, 11) is 0. The van der Waals surface area contributed by atoms with E-state index in [1.54, 1.807) is 0 Å². The van der Waals surface area contributed by atoms with Gasteiger partial charge < -0.3 is 27.7 Å². The van der Waals surface area contributed by atoms with E-state index in [9.17, 15) is 9.59 Å². The van der Waals surface area contributed by atoms with Gasteiger partial charge in [-0.05, 0) is 12.8 Å². The smallest absolute Gasteiger partial charge is 0.375 e. The molecule has 8 nitrogen and oxygen atoms in total. The van der Waals surface area contributed by atoms with Crippen LogP contribution in [0.5, 0.6) is 0 Å². The number of rotatable bonds is 5. The first-order valence-electron chi connectivity index (χ1n) is 4.25. The molecule has 0 spiro atoms. The van der Waals surface area contributed by atoms with E-state index in [0.717, 1.165) is 0 Å². The van der Waals surface area contributed by atoms with Crippen molar-refractivity contribution < 1.29 is 14.3 Å². The maximum absolute atomic E-state index is 10.9. The van der Waals surface area contributed by atoms with Gasteiger partial charge in [-0.25, -0.2) is 9.59 Å². The van der Waals surface area contributed by atoms with Gasteiger partial charge in [-0.3, -0.25) is 4.99 Å². The SMILES string of the molecule is NC(=O)OC(=O)C(N)CCCN=C(N)N. The van der Waals surface area contributed by atoms with E-state index in [1.165, 1.54) is 0 Å².